The zero-order chi connectivity index (χ0) is 8.72. The van der Waals surface area contributed by atoms with Gasteiger partial charge in [0.1, 0.15) is 17.6 Å². The maximum absolute atomic E-state index is 9.24. The maximum atomic E-state index is 9.24. The number of halogens is 1. The fourth-order valence-corrected chi connectivity index (χ4v) is 1.37. The molecule has 4 heteroatoms. The predicted molar refractivity (Wildman–Crippen MR) is 47.2 cm³/mol. The van der Waals surface area contributed by atoms with E-state index < -0.39 is 0 Å². The Kier molecular flexibility index (Phi) is 1.51. The van der Waals surface area contributed by atoms with Crippen LogP contribution < -0.4 is 0 Å². The third-order valence-corrected chi connectivity index (χ3v) is 2.26. The number of hydrogen-bond donors (Lipinski definition) is 2. The highest BCUT2D eigenvalue weighted by atomic mass is 79.9. The summed E-state index contributed by atoms with van der Waals surface area (Å²) in [6, 6.07) is 3.04. The van der Waals surface area contributed by atoms with Gasteiger partial charge in [0.15, 0.2) is 5.75 Å². The molecular weight excluding hydrogens is 224 g/mol. The van der Waals surface area contributed by atoms with Crippen molar-refractivity contribution in [3.05, 3.63) is 22.9 Å². The molecule has 0 amide bonds. The third kappa shape index (κ3) is 0.956. The van der Waals surface area contributed by atoms with E-state index in [4.69, 9.17) is 4.42 Å². The minimum Gasteiger partial charge on any atom is -0.507 e. The summed E-state index contributed by atoms with van der Waals surface area (Å²) in [5.74, 6) is 0.169. The monoisotopic (exact) mass is 228 g/mol. The lowest BCUT2D eigenvalue weighted by Gasteiger charge is -1.95. The molecule has 0 aliphatic carbocycles. The SMILES string of the molecule is Oc1cc2occ(O)c2cc1Br. The predicted octanol–water partition coefficient (Wildman–Crippen LogP) is 2.61. The van der Waals surface area contributed by atoms with Gasteiger partial charge in [-0.1, -0.05) is 0 Å². The fraction of sp³-hybridized carbons (Fsp3) is 0. The van der Waals surface area contributed by atoms with Crippen LogP contribution in [0.15, 0.2) is 27.3 Å². The number of phenolic OH excluding ortho intramolecular Hbond substituents is 1. The van der Waals surface area contributed by atoms with Crippen molar-refractivity contribution in [1.82, 2.24) is 0 Å². The summed E-state index contributed by atoms with van der Waals surface area (Å²) in [5, 5.41) is 19.1. The number of benzene rings is 1. The summed E-state index contributed by atoms with van der Waals surface area (Å²) >= 11 is 3.13. The molecule has 62 valence electrons. The number of rotatable bonds is 0. The molecule has 0 bridgehead atoms. The average Bonchev–Trinajstić information content (AvgIpc) is 2.35. The first kappa shape index (κ1) is 7.49. The van der Waals surface area contributed by atoms with Crippen molar-refractivity contribution in [1.29, 1.82) is 0 Å². The van der Waals surface area contributed by atoms with Gasteiger partial charge in [-0.2, -0.15) is 0 Å². The highest BCUT2D eigenvalue weighted by molar-refractivity contribution is 9.10. The van der Waals surface area contributed by atoms with Crippen LogP contribution in [-0.4, -0.2) is 10.2 Å². The topological polar surface area (TPSA) is 53.6 Å². The van der Waals surface area contributed by atoms with Gasteiger partial charge in [0.25, 0.3) is 0 Å². The van der Waals surface area contributed by atoms with Crippen molar-refractivity contribution >= 4 is 26.9 Å². The van der Waals surface area contributed by atoms with Crippen molar-refractivity contribution < 1.29 is 14.6 Å². The van der Waals surface area contributed by atoms with E-state index in [1.54, 1.807) is 6.07 Å². The molecule has 12 heavy (non-hydrogen) atoms. The smallest absolute Gasteiger partial charge is 0.161 e. The van der Waals surface area contributed by atoms with E-state index in [1.807, 2.05) is 0 Å². The Bertz CT molecular complexity index is 433. The number of hydrogen-bond acceptors (Lipinski definition) is 3. The number of furan rings is 1. The second-order valence-corrected chi connectivity index (χ2v) is 3.28. The quantitative estimate of drug-likeness (QED) is 0.729. The number of fused-ring (bicyclic) bond motifs is 1. The van der Waals surface area contributed by atoms with Crippen LogP contribution in [0.5, 0.6) is 11.5 Å². The van der Waals surface area contributed by atoms with Gasteiger partial charge in [-0.3, -0.25) is 0 Å². The third-order valence-electron chi connectivity index (χ3n) is 1.62. The standard InChI is InChI=1S/C8H5BrO3/c9-5-1-4-7(11)3-12-8(4)2-6(5)10/h1-3,10-11H. The average molecular weight is 229 g/mol. The van der Waals surface area contributed by atoms with E-state index in [9.17, 15) is 10.2 Å². The second kappa shape index (κ2) is 2.42. The van der Waals surface area contributed by atoms with Gasteiger partial charge in [0.05, 0.1) is 9.86 Å². The first-order valence-electron chi connectivity index (χ1n) is 3.27. The Labute approximate surface area is 76.4 Å². The maximum Gasteiger partial charge on any atom is 0.161 e. The minimum atomic E-state index is 0.0747. The van der Waals surface area contributed by atoms with E-state index in [1.165, 1.54) is 12.3 Å². The summed E-state index contributed by atoms with van der Waals surface area (Å²) in [7, 11) is 0. The Morgan fingerprint density at radius 3 is 2.67 bits per heavy atom. The Morgan fingerprint density at radius 2 is 1.92 bits per heavy atom. The fourth-order valence-electron chi connectivity index (χ4n) is 1.02. The van der Waals surface area contributed by atoms with Crippen LogP contribution in [0.1, 0.15) is 0 Å². The van der Waals surface area contributed by atoms with E-state index in [0.717, 1.165) is 0 Å². The molecule has 2 aromatic rings. The van der Waals surface area contributed by atoms with Gasteiger partial charge in [-0.15, -0.1) is 0 Å². The molecular formula is C8H5BrO3. The van der Waals surface area contributed by atoms with Crippen LogP contribution in [0, 0.1) is 0 Å². The van der Waals surface area contributed by atoms with E-state index in [-0.39, 0.29) is 11.5 Å². The van der Waals surface area contributed by atoms with Crippen LogP contribution in [0.4, 0.5) is 0 Å². The molecule has 2 N–H and O–H groups in total. The molecule has 3 nitrogen and oxygen atoms in total. The molecule has 0 unspecified atom stereocenters. The molecule has 0 aliphatic heterocycles. The van der Waals surface area contributed by atoms with Crippen molar-refractivity contribution in [2.45, 2.75) is 0 Å². The van der Waals surface area contributed by atoms with Gasteiger partial charge < -0.3 is 14.6 Å². The van der Waals surface area contributed by atoms with E-state index in [2.05, 4.69) is 15.9 Å². The van der Waals surface area contributed by atoms with Gasteiger partial charge >= 0.3 is 0 Å². The van der Waals surface area contributed by atoms with Gasteiger partial charge in [-0.25, -0.2) is 0 Å². The largest absolute Gasteiger partial charge is 0.507 e. The Morgan fingerprint density at radius 1 is 1.17 bits per heavy atom. The minimum absolute atomic E-state index is 0.0747. The Hall–Kier alpha value is -1.16. The highest BCUT2D eigenvalue weighted by Gasteiger charge is 2.07. The lowest BCUT2D eigenvalue weighted by Crippen LogP contribution is -1.69. The van der Waals surface area contributed by atoms with Gasteiger partial charge in [-0.05, 0) is 22.0 Å². The summed E-state index contributed by atoms with van der Waals surface area (Å²) < 4.78 is 5.49. The molecule has 2 rings (SSSR count). The van der Waals surface area contributed by atoms with Gasteiger partial charge in [0, 0.05) is 6.07 Å². The van der Waals surface area contributed by atoms with Crippen LogP contribution in [0.25, 0.3) is 11.0 Å². The lowest BCUT2D eigenvalue weighted by atomic mass is 10.2. The van der Waals surface area contributed by atoms with E-state index >= 15 is 0 Å². The van der Waals surface area contributed by atoms with Crippen LogP contribution in [-0.2, 0) is 0 Å². The molecule has 0 spiro atoms. The summed E-state index contributed by atoms with van der Waals surface area (Å²) in [4.78, 5) is 0. The molecule has 0 atom stereocenters. The van der Waals surface area contributed by atoms with Gasteiger partial charge in [0.2, 0.25) is 0 Å². The molecule has 0 radical (unpaired) electrons. The molecule has 0 fully saturated rings. The molecule has 1 aromatic heterocycles. The second-order valence-electron chi connectivity index (χ2n) is 2.42. The molecule has 1 heterocycles. The lowest BCUT2D eigenvalue weighted by molar-refractivity contribution is 0.463. The van der Waals surface area contributed by atoms with E-state index in [0.29, 0.717) is 15.4 Å². The van der Waals surface area contributed by atoms with Crippen molar-refractivity contribution in [3.8, 4) is 11.5 Å². The zero-order valence-corrected chi connectivity index (χ0v) is 7.50. The Balaban J connectivity index is 2.87. The first-order valence-corrected chi connectivity index (χ1v) is 4.06. The van der Waals surface area contributed by atoms with Crippen LogP contribution in [0.3, 0.4) is 0 Å². The van der Waals surface area contributed by atoms with Crippen LogP contribution in [0.2, 0.25) is 0 Å². The zero-order valence-electron chi connectivity index (χ0n) is 5.91. The molecule has 0 aliphatic rings. The summed E-state index contributed by atoms with van der Waals surface area (Å²) in [6.45, 7) is 0. The first-order chi connectivity index (χ1) is 5.68. The summed E-state index contributed by atoms with van der Waals surface area (Å²) in [5.41, 5.74) is 0.466. The van der Waals surface area contributed by atoms with Crippen molar-refractivity contribution in [2.75, 3.05) is 0 Å². The van der Waals surface area contributed by atoms with Crippen molar-refractivity contribution in [2.24, 2.45) is 0 Å². The number of aromatic hydroxyl groups is 2. The van der Waals surface area contributed by atoms with Crippen molar-refractivity contribution in [3.63, 3.8) is 0 Å². The number of phenols is 1. The molecule has 0 saturated carbocycles. The highest BCUT2D eigenvalue weighted by Crippen LogP contribution is 2.34. The molecule has 1 aromatic carbocycles. The normalized spacial score (nSPS) is 10.8. The van der Waals surface area contributed by atoms with Crippen LogP contribution >= 0.6 is 15.9 Å². The molecule has 0 saturated heterocycles. The summed E-state index contributed by atoms with van der Waals surface area (Å²) in [6.07, 6.45) is 1.23.